The zero-order valence-electron chi connectivity index (χ0n) is 17.0. The standard InChI is InChI=1S/C22H21FN4O3S/c1-3-27-21(24-25-22(27)30-19-11-9-18(23)10-12-19)15(2)26-31(28,29)20-13-8-16-6-4-5-7-17(16)14-20/h4-15,26H,3H2,1-2H3. The summed E-state index contributed by atoms with van der Waals surface area (Å²) in [6, 6.07) is 17.6. The molecule has 7 nitrogen and oxygen atoms in total. The van der Waals surface area contributed by atoms with Crippen LogP contribution in [0.15, 0.2) is 71.6 Å². The van der Waals surface area contributed by atoms with E-state index in [1.54, 1.807) is 29.7 Å². The number of benzene rings is 3. The largest absolute Gasteiger partial charge is 0.424 e. The van der Waals surface area contributed by atoms with Crippen LogP contribution in [0.4, 0.5) is 4.39 Å². The lowest BCUT2D eigenvalue weighted by molar-refractivity contribution is 0.407. The van der Waals surface area contributed by atoms with Gasteiger partial charge in [-0.15, -0.1) is 5.10 Å². The van der Waals surface area contributed by atoms with E-state index in [0.717, 1.165) is 10.8 Å². The second kappa shape index (κ2) is 8.44. The van der Waals surface area contributed by atoms with Crippen LogP contribution in [-0.4, -0.2) is 23.2 Å². The molecule has 31 heavy (non-hydrogen) atoms. The molecular formula is C22H21FN4O3S. The van der Waals surface area contributed by atoms with E-state index < -0.39 is 16.1 Å². The first-order chi connectivity index (χ1) is 14.9. The predicted octanol–water partition coefficient (Wildman–Crippen LogP) is 4.42. The molecule has 4 aromatic rings. The van der Waals surface area contributed by atoms with Crippen molar-refractivity contribution in [2.45, 2.75) is 31.3 Å². The van der Waals surface area contributed by atoms with Gasteiger partial charge in [0.1, 0.15) is 11.6 Å². The van der Waals surface area contributed by atoms with Crippen LogP contribution < -0.4 is 9.46 Å². The van der Waals surface area contributed by atoms with E-state index in [1.165, 1.54) is 24.3 Å². The maximum Gasteiger partial charge on any atom is 0.322 e. The highest BCUT2D eigenvalue weighted by Crippen LogP contribution is 2.25. The summed E-state index contributed by atoms with van der Waals surface area (Å²) in [7, 11) is -3.79. The summed E-state index contributed by atoms with van der Waals surface area (Å²) in [6.45, 7) is 4.02. The fourth-order valence-electron chi connectivity index (χ4n) is 3.29. The second-order valence-electron chi connectivity index (χ2n) is 6.99. The molecule has 1 atom stereocenters. The van der Waals surface area contributed by atoms with Crippen molar-refractivity contribution < 1.29 is 17.5 Å². The first-order valence-corrected chi connectivity index (χ1v) is 11.2. The minimum atomic E-state index is -3.79. The first kappa shape index (κ1) is 21.0. The van der Waals surface area contributed by atoms with Gasteiger partial charge in [-0.05, 0) is 61.0 Å². The number of ether oxygens (including phenoxy) is 1. The van der Waals surface area contributed by atoms with Crippen LogP contribution in [0.1, 0.15) is 25.7 Å². The molecule has 0 bridgehead atoms. The first-order valence-electron chi connectivity index (χ1n) is 9.75. The van der Waals surface area contributed by atoms with Crippen molar-refractivity contribution in [2.24, 2.45) is 0 Å². The number of fused-ring (bicyclic) bond motifs is 1. The highest BCUT2D eigenvalue weighted by Gasteiger charge is 2.24. The van der Waals surface area contributed by atoms with Gasteiger partial charge in [0, 0.05) is 6.54 Å². The summed E-state index contributed by atoms with van der Waals surface area (Å²) in [5.41, 5.74) is 0. The van der Waals surface area contributed by atoms with Gasteiger partial charge in [-0.2, -0.15) is 0 Å². The second-order valence-corrected chi connectivity index (χ2v) is 8.71. The summed E-state index contributed by atoms with van der Waals surface area (Å²) in [5, 5.41) is 9.95. The number of sulfonamides is 1. The molecule has 1 unspecified atom stereocenters. The van der Waals surface area contributed by atoms with Crippen LogP contribution in [0.3, 0.4) is 0 Å². The van der Waals surface area contributed by atoms with E-state index in [-0.39, 0.29) is 16.7 Å². The number of nitrogens with zero attached hydrogens (tertiary/aromatic N) is 3. The lowest BCUT2D eigenvalue weighted by Gasteiger charge is -2.15. The maximum absolute atomic E-state index is 13.1. The molecule has 4 rings (SSSR count). The van der Waals surface area contributed by atoms with Crippen molar-refractivity contribution in [3.8, 4) is 11.8 Å². The van der Waals surface area contributed by atoms with Gasteiger partial charge in [-0.3, -0.25) is 4.57 Å². The van der Waals surface area contributed by atoms with Gasteiger partial charge in [0.15, 0.2) is 5.82 Å². The Morgan fingerprint density at radius 2 is 1.74 bits per heavy atom. The van der Waals surface area contributed by atoms with E-state index in [9.17, 15) is 12.8 Å². The molecule has 0 saturated heterocycles. The normalized spacial score (nSPS) is 12.7. The van der Waals surface area contributed by atoms with Crippen molar-refractivity contribution in [3.05, 3.63) is 78.4 Å². The molecule has 0 aliphatic heterocycles. The van der Waals surface area contributed by atoms with Crippen molar-refractivity contribution in [1.82, 2.24) is 19.5 Å². The van der Waals surface area contributed by atoms with Crippen molar-refractivity contribution >= 4 is 20.8 Å². The van der Waals surface area contributed by atoms with Crippen molar-refractivity contribution in [2.75, 3.05) is 0 Å². The van der Waals surface area contributed by atoms with Crippen molar-refractivity contribution in [3.63, 3.8) is 0 Å². The highest BCUT2D eigenvalue weighted by molar-refractivity contribution is 7.89. The summed E-state index contributed by atoms with van der Waals surface area (Å²) >= 11 is 0. The number of halogens is 1. The van der Waals surface area contributed by atoms with Crippen LogP contribution >= 0.6 is 0 Å². The minimum absolute atomic E-state index is 0.170. The maximum atomic E-state index is 13.1. The van der Waals surface area contributed by atoms with E-state index in [1.807, 2.05) is 31.2 Å². The van der Waals surface area contributed by atoms with Crippen molar-refractivity contribution in [1.29, 1.82) is 0 Å². The molecule has 0 radical (unpaired) electrons. The van der Waals surface area contributed by atoms with Gasteiger partial charge in [-0.1, -0.05) is 35.4 Å². The smallest absolute Gasteiger partial charge is 0.322 e. The van der Waals surface area contributed by atoms with Gasteiger partial charge in [0.2, 0.25) is 10.0 Å². The molecule has 0 aliphatic carbocycles. The fourth-order valence-corrected chi connectivity index (χ4v) is 4.53. The Labute approximate surface area is 179 Å². The third kappa shape index (κ3) is 4.42. The Morgan fingerprint density at radius 1 is 1.03 bits per heavy atom. The summed E-state index contributed by atoms with van der Waals surface area (Å²) in [6.07, 6.45) is 0. The van der Waals surface area contributed by atoms with Crippen LogP contribution in [0.5, 0.6) is 11.8 Å². The lowest BCUT2D eigenvalue weighted by atomic mass is 10.1. The van der Waals surface area contributed by atoms with Gasteiger partial charge >= 0.3 is 6.01 Å². The Hall–Kier alpha value is -3.30. The zero-order valence-corrected chi connectivity index (χ0v) is 17.8. The molecule has 0 amide bonds. The number of nitrogens with one attached hydrogen (secondary N) is 1. The average Bonchev–Trinajstić information content (AvgIpc) is 3.17. The van der Waals surface area contributed by atoms with E-state index in [2.05, 4.69) is 14.9 Å². The number of aromatic nitrogens is 3. The SMILES string of the molecule is CCn1c(Oc2ccc(F)cc2)nnc1C(C)NS(=O)(=O)c1ccc2ccccc2c1. The highest BCUT2D eigenvalue weighted by atomic mass is 32.2. The van der Waals surface area contributed by atoms with Gasteiger partial charge < -0.3 is 4.74 Å². The Bertz CT molecular complexity index is 1320. The summed E-state index contributed by atoms with van der Waals surface area (Å²) in [4.78, 5) is 0.170. The summed E-state index contributed by atoms with van der Waals surface area (Å²) in [5.74, 6) is 0.435. The average molecular weight is 441 g/mol. The molecule has 1 heterocycles. The predicted molar refractivity (Wildman–Crippen MR) is 115 cm³/mol. The van der Waals surface area contributed by atoms with E-state index >= 15 is 0 Å². The topological polar surface area (TPSA) is 86.1 Å². The Morgan fingerprint density at radius 3 is 2.45 bits per heavy atom. The zero-order chi connectivity index (χ0) is 22.0. The molecule has 0 aliphatic rings. The Kier molecular flexibility index (Phi) is 5.71. The molecule has 0 spiro atoms. The molecule has 0 fully saturated rings. The number of rotatable bonds is 7. The van der Waals surface area contributed by atoms with Gasteiger partial charge in [0.25, 0.3) is 0 Å². The molecule has 9 heteroatoms. The number of hydrogen-bond acceptors (Lipinski definition) is 5. The van der Waals surface area contributed by atoms with Crippen LogP contribution in [0.25, 0.3) is 10.8 Å². The van der Waals surface area contributed by atoms with Gasteiger partial charge in [-0.25, -0.2) is 17.5 Å². The lowest BCUT2D eigenvalue weighted by Crippen LogP contribution is -2.29. The molecular weight excluding hydrogens is 419 g/mol. The fraction of sp³-hybridized carbons (Fsp3) is 0.182. The van der Waals surface area contributed by atoms with Gasteiger partial charge in [0.05, 0.1) is 10.9 Å². The quantitative estimate of drug-likeness (QED) is 0.460. The van der Waals surface area contributed by atoms with Crippen LogP contribution in [0, 0.1) is 5.82 Å². The molecule has 0 saturated carbocycles. The van der Waals surface area contributed by atoms with Crippen LogP contribution in [-0.2, 0) is 16.6 Å². The van der Waals surface area contributed by atoms with E-state index in [4.69, 9.17) is 4.74 Å². The number of hydrogen-bond donors (Lipinski definition) is 1. The summed E-state index contributed by atoms with van der Waals surface area (Å²) < 4.78 is 49.0. The minimum Gasteiger partial charge on any atom is -0.424 e. The molecule has 3 aromatic carbocycles. The molecule has 160 valence electrons. The third-order valence-corrected chi connectivity index (χ3v) is 6.37. The molecule has 1 N–H and O–H groups in total. The third-order valence-electron chi connectivity index (χ3n) is 4.83. The molecule has 1 aromatic heterocycles. The monoisotopic (exact) mass is 440 g/mol. The van der Waals surface area contributed by atoms with Crippen LogP contribution in [0.2, 0.25) is 0 Å². The Balaban J connectivity index is 1.57. The van der Waals surface area contributed by atoms with E-state index in [0.29, 0.717) is 18.1 Å².